The summed E-state index contributed by atoms with van der Waals surface area (Å²) in [6.45, 7) is 0. The van der Waals surface area contributed by atoms with Gasteiger partial charge in [-0.2, -0.15) is 0 Å². The zero-order valence-electron chi connectivity index (χ0n) is 7.15. The lowest BCUT2D eigenvalue weighted by molar-refractivity contribution is -0.103. The summed E-state index contributed by atoms with van der Waals surface area (Å²) >= 11 is 0. The van der Waals surface area contributed by atoms with Gasteiger partial charge in [-0.05, 0) is 18.1 Å². The lowest BCUT2D eigenvalue weighted by Gasteiger charge is -2.01. The molecule has 0 atom stereocenters. The fraction of sp³-hybridized carbons (Fsp3) is 0. The summed E-state index contributed by atoms with van der Waals surface area (Å²) in [6.07, 6.45) is 0.398. The van der Waals surface area contributed by atoms with Gasteiger partial charge in [0.05, 0.1) is 5.56 Å². The maximum Gasteiger partial charge on any atom is 0.339 e. The summed E-state index contributed by atoms with van der Waals surface area (Å²) in [7, 11) is 0. The van der Waals surface area contributed by atoms with E-state index in [0.29, 0.717) is 6.29 Å². The molecule has 3 N–H and O–H groups in total. The molecule has 70 valence electrons. The van der Waals surface area contributed by atoms with Crippen LogP contribution in [0.5, 0.6) is 0 Å². The summed E-state index contributed by atoms with van der Waals surface area (Å²) in [5, 5.41) is 8.81. The van der Waals surface area contributed by atoms with Gasteiger partial charge < -0.3 is 10.8 Å². The lowest BCUT2D eigenvalue weighted by Crippen LogP contribution is -2.05. The molecule has 1 aromatic carbocycles. The van der Waals surface area contributed by atoms with Crippen molar-refractivity contribution in [1.82, 2.24) is 0 Å². The molecule has 0 saturated carbocycles. The Balaban J connectivity index is 3.35. The van der Waals surface area contributed by atoms with Gasteiger partial charge >= 0.3 is 5.97 Å². The Morgan fingerprint density at radius 3 is 2.79 bits per heavy atom. The van der Waals surface area contributed by atoms with Gasteiger partial charge in [0.2, 0.25) is 0 Å². The second-order valence-electron chi connectivity index (χ2n) is 2.46. The monoisotopic (exact) mass is 189 g/mol. The second-order valence-corrected chi connectivity index (χ2v) is 2.46. The van der Waals surface area contributed by atoms with Gasteiger partial charge in [-0.3, -0.25) is 4.79 Å². The molecule has 0 aliphatic carbocycles. The van der Waals surface area contributed by atoms with E-state index in [9.17, 15) is 9.59 Å². The first-order valence-electron chi connectivity index (χ1n) is 3.73. The van der Waals surface area contributed by atoms with E-state index in [-0.39, 0.29) is 16.8 Å². The van der Waals surface area contributed by atoms with Gasteiger partial charge in [0.15, 0.2) is 6.29 Å². The fourth-order valence-electron chi connectivity index (χ4n) is 1.02. The molecule has 0 saturated heterocycles. The highest BCUT2D eigenvalue weighted by Crippen LogP contribution is 2.15. The molecule has 1 rings (SSSR count). The Bertz CT molecular complexity index is 440. The molecule has 0 spiro atoms. The van der Waals surface area contributed by atoms with Crippen LogP contribution in [-0.2, 0) is 4.79 Å². The van der Waals surface area contributed by atoms with Crippen LogP contribution in [0.3, 0.4) is 0 Å². The van der Waals surface area contributed by atoms with E-state index in [1.165, 1.54) is 12.1 Å². The van der Waals surface area contributed by atoms with Crippen molar-refractivity contribution >= 4 is 17.9 Å². The third-order valence-electron chi connectivity index (χ3n) is 1.58. The first kappa shape index (κ1) is 9.81. The minimum Gasteiger partial charge on any atom is -0.478 e. The molecular formula is C10H7NO3. The normalized spacial score (nSPS) is 8.57. The van der Waals surface area contributed by atoms with Gasteiger partial charge in [-0.25, -0.2) is 4.79 Å². The summed E-state index contributed by atoms with van der Waals surface area (Å²) in [5.41, 5.74) is 5.76. The van der Waals surface area contributed by atoms with Gasteiger partial charge in [-0.15, -0.1) is 0 Å². The molecule has 4 heteroatoms. The van der Waals surface area contributed by atoms with Crippen LogP contribution < -0.4 is 5.73 Å². The number of hydrogen-bond acceptors (Lipinski definition) is 3. The molecule has 0 radical (unpaired) electrons. The zero-order valence-corrected chi connectivity index (χ0v) is 7.15. The molecule has 0 aliphatic rings. The number of carboxylic acid groups (broad SMARTS) is 1. The predicted octanol–water partition coefficient (Wildman–Crippen LogP) is 0.517. The predicted molar refractivity (Wildman–Crippen MR) is 50.8 cm³/mol. The average Bonchev–Trinajstić information content (AvgIpc) is 2.14. The molecule has 4 nitrogen and oxygen atoms in total. The van der Waals surface area contributed by atoms with Gasteiger partial charge in [-0.1, -0.05) is 12.0 Å². The molecule has 0 unspecified atom stereocenters. The first-order valence-corrected chi connectivity index (χ1v) is 3.73. The van der Waals surface area contributed by atoms with Crippen LogP contribution in [0.25, 0.3) is 0 Å². The third kappa shape index (κ3) is 1.90. The van der Waals surface area contributed by atoms with Gasteiger partial charge in [0, 0.05) is 11.3 Å². The van der Waals surface area contributed by atoms with E-state index < -0.39 is 5.97 Å². The van der Waals surface area contributed by atoms with Crippen LogP contribution >= 0.6 is 0 Å². The van der Waals surface area contributed by atoms with Crippen molar-refractivity contribution in [2.45, 2.75) is 0 Å². The maximum atomic E-state index is 10.8. The highest BCUT2D eigenvalue weighted by molar-refractivity contribution is 5.96. The summed E-state index contributed by atoms with van der Waals surface area (Å²) in [4.78, 5) is 20.8. The van der Waals surface area contributed by atoms with E-state index in [1.807, 2.05) is 0 Å². The SMILES string of the molecule is Nc1cccc(C#CC=O)c1C(=O)O. The Morgan fingerprint density at radius 1 is 1.50 bits per heavy atom. The zero-order chi connectivity index (χ0) is 10.6. The Kier molecular flexibility index (Phi) is 2.87. The number of benzene rings is 1. The molecule has 14 heavy (non-hydrogen) atoms. The quantitative estimate of drug-likeness (QED) is 0.383. The van der Waals surface area contributed by atoms with Gasteiger partial charge in [0.25, 0.3) is 0 Å². The molecule has 0 aromatic heterocycles. The Hall–Kier alpha value is -2.28. The van der Waals surface area contributed by atoms with Crippen molar-refractivity contribution < 1.29 is 14.7 Å². The molecule has 0 fully saturated rings. The van der Waals surface area contributed by atoms with Gasteiger partial charge in [0.1, 0.15) is 0 Å². The number of anilines is 1. The van der Waals surface area contributed by atoms with E-state index >= 15 is 0 Å². The number of aromatic carboxylic acids is 1. The summed E-state index contributed by atoms with van der Waals surface area (Å²) in [6, 6.07) is 4.54. The van der Waals surface area contributed by atoms with Crippen molar-refractivity contribution in [2.24, 2.45) is 0 Å². The number of hydrogen-bond donors (Lipinski definition) is 2. The summed E-state index contributed by atoms with van der Waals surface area (Å²) in [5.74, 6) is 3.39. The molecule has 0 amide bonds. The lowest BCUT2D eigenvalue weighted by atomic mass is 10.1. The Labute approximate surface area is 80.3 Å². The van der Waals surface area contributed by atoms with Crippen molar-refractivity contribution in [2.75, 3.05) is 5.73 Å². The largest absolute Gasteiger partial charge is 0.478 e. The standard InChI is InChI=1S/C10H7NO3/c11-8-5-1-3-7(4-2-6-12)9(8)10(13)14/h1,3,5-6H,11H2,(H,13,14). The van der Waals surface area contributed by atoms with Crippen LogP contribution in [0.1, 0.15) is 15.9 Å². The molecule has 0 aliphatic heterocycles. The molecular weight excluding hydrogens is 182 g/mol. The minimum absolute atomic E-state index is 0.0677. The fourth-order valence-corrected chi connectivity index (χ4v) is 1.02. The van der Waals surface area contributed by atoms with Crippen LogP contribution in [-0.4, -0.2) is 17.4 Å². The average molecular weight is 189 g/mol. The number of carbonyl (C=O) groups is 2. The highest BCUT2D eigenvalue weighted by atomic mass is 16.4. The van der Waals surface area contributed by atoms with Crippen LogP contribution in [0.4, 0.5) is 5.69 Å². The molecule has 1 aromatic rings. The second kappa shape index (κ2) is 4.10. The molecule has 0 heterocycles. The topological polar surface area (TPSA) is 80.4 Å². The number of carboxylic acids is 1. The maximum absolute atomic E-state index is 10.8. The van der Waals surface area contributed by atoms with Crippen molar-refractivity contribution in [3.05, 3.63) is 29.3 Å². The van der Waals surface area contributed by atoms with Crippen molar-refractivity contribution in [3.8, 4) is 11.8 Å². The van der Waals surface area contributed by atoms with Crippen LogP contribution in [0.2, 0.25) is 0 Å². The smallest absolute Gasteiger partial charge is 0.339 e. The van der Waals surface area contributed by atoms with E-state index in [4.69, 9.17) is 10.8 Å². The number of carbonyl (C=O) groups excluding carboxylic acids is 1. The van der Waals surface area contributed by atoms with E-state index in [2.05, 4.69) is 11.8 Å². The van der Waals surface area contributed by atoms with Crippen molar-refractivity contribution in [1.29, 1.82) is 0 Å². The minimum atomic E-state index is -1.15. The highest BCUT2D eigenvalue weighted by Gasteiger charge is 2.11. The van der Waals surface area contributed by atoms with E-state index in [0.717, 1.165) is 0 Å². The number of nitrogen functional groups attached to an aromatic ring is 1. The van der Waals surface area contributed by atoms with Crippen molar-refractivity contribution in [3.63, 3.8) is 0 Å². The number of nitrogens with two attached hydrogens (primary N) is 1. The van der Waals surface area contributed by atoms with E-state index in [1.54, 1.807) is 6.07 Å². The third-order valence-corrected chi connectivity index (χ3v) is 1.58. The number of rotatable bonds is 1. The molecule has 0 bridgehead atoms. The summed E-state index contributed by atoms with van der Waals surface area (Å²) < 4.78 is 0. The Morgan fingerprint density at radius 2 is 2.21 bits per heavy atom. The van der Waals surface area contributed by atoms with Crippen LogP contribution in [0, 0.1) is 11.8 Å². The van der Waals surface area contributed by atoms with Crippen LogP contribution in [0.15, 0.2) is 18.2 Å². The first-order chi connectivity index (χ1) is 6.66. The number of aldehydes is 1.